The number of likely N-dealkylation sites (tertiary alicyclic amines) is 1. The highest BCUT2D eigenvalue weighted by Gasteiger charge is 2.25. The van der Waals surface area contributed by atoms with E-state index < -0.39 is 9.84 Å². The molecule has 2 aliphatic heterocycles. The van der Waals surface area contributed by atoms with Gasteiger partial charge in [0.15, 0.2) is 21.3 Å². The number of fused-ring (bicyclic) bond motifs is 1. The van der Waals surface area contributed by atoms with Crippen LogP contribution in [0.2, 0.25) is 0 Å². The normalized spacial score (nSPS) is 16.7. The molecule has 2 heterocycles. The molecule has 2 aromatic rings. The van der Waals surface area contributed by atoms with Crippen LogP contribution < -0.4 is 9.47 Å². The van der Waals surface area contributed by atoms with Crippen molar-refractivity contribution in [3.63, 3.8) is 0 Å². The number of nitrogens with zero attached hydrogens (tertiary/aromatic N) is 1. The van der Waals surface area contributed by atoms with Crippen molar-refractivity contribution in [2.75, 3.05) is 32.1 Å². The summed E-state index contributed by atoms with van der Waals surface area (Å²) in [5.74, 6) is 1.33. The van der Waals surface area contributed by atoms with Crippen LogP contribution in [0.4, 0.5) is 0 Å². The first kappa shape index (κ1) is 22.6. The van der Waals surface area contributed by atoms with Gasteiger partial charge < -0.3 is 14.4 Å². The summed E-state index contributed by atoms with van der Waals surface area (Å²) in [7, 11) is -3.56. The summed E-state index contributed by atoms with van der Waals surface area (Å²) in [6.07, 6.45) is 4.15. The smallest absolute Gasteiger partial charge is 0.223 e. The van der Waals surface area contributed by atoms with Crippen molar-refractivity contribution in [2.24, 2.45) is 5.92 Å². The fourth-order valence-electron chi connectivity index (χ4n) is 4.31. The van der Waals surface area contributed by atoms with E-state index in [1.807, 2.05) is 4.90 Å². The number of carbonyl (C=O) groups excluding carboxylic acids is 1. The summed E-state index contributed by atoms with van der Waals surface area (Å²) in [5, 5.41) is 0. The molecule has 2 aliphatic rings. The molecule has 1 fully saturated rings. The zero-order valence-electron chi connectivity index (χ0n) is 18.6. The van der Waals surface area contributed by atoms with E-state index in [1.54, 1.807) is 6.07 Å². The zero-order chi connectivity index (χ0) is 22.6. The van der Waals surface area contributed by atoms with Crippen molar-refractivity contribution < 1.29 is 22.7 Å². The number of rotatable bonds is 7. The lowest BCUT2D eigenvalue weighted by Crippen LogP contribution is -2.39. The molecule has 4 rings (SSSR count). The van der Waals surface area contributed by atoms with E-state index in [-0.39, 0.29) is 23.0 Å². The average molecular weight is 458 g/mol. The summed E-state index contributed by atoms with van der Waals surface area (Å²) >= 11 is 0. The topological polar surface area (TPSA) is 72.9 Å². The van der Waals surface area contributed by atoms with Gasteiger partial charge in [0, 0.05) is 25.6 Å². The van der Waals surface area contributed by atoms with Crippen LogP contribution in [0.5, 0.6) is 11.5 Å². The van der Waals surface area contributed by atoms with Crippen molar-refractivity contribution in [3.05, 3.63) is 53.6 Å². The number of ether oxygens (including phenoxy) is 2. The monoisotopic (exact) mass is 457 g/mol. The summed E-state index contributed by atoms with van der Waals surface area (Å²) in [6.45, 7) is 4.37. The molecule has 0 aliphatic carbocycles. The Hall–Kier alpha value is -2.54. The van der Waals surface area contributed by atoms with Gasteiger partial charge in [-0.15, -0.1) is 0 Å². The molecule has 0 bridgehead atoms. The van der Waals surface area contributed by atoms with Gasteiger partial charge in [0.1, 0.15) is 13.2 Å². The summed E-state index contributed by atoms with van der Waals surface area (Å²) in [4.78, 5) is 14.6. The second kappa shape index (κ2) is 9.94. The average Bonchev–Trinajstić information content (AvgIpc) is 2.82. The quantitative estimate of drug-likeness (QED) is 0.632. The number of hydrogen-bond donors (Lipinski definition) is 0. The largest absolute Gasteiger partial charge is 0.486 e. The van der Waals surface area contributed by atoms with E-state index in [9.17, 15) is 13.2 Å². The van der Waals surface area contributed by atoms with Gasteiger partial charge in [-0.2, -0.15) is 0 Å². The first-order valence-corrected chi connectivity index (χ1v) is 13.0. The minimum absolute atomic E-state index is 0.00477. The molecule has 1 saturated heterocycles. The van der Waals surface area contributed by atoms with Gasteiger partial charge in [0.2, 0.25) is 5.91 Å². The maximum Gasteiger partial charge on any atom is 0.223 e. The van der Waals surface area contributed by atoms with Crippen LogP contribution in [-0.2, 0) is 21.1 Å². The van der Waals surface area contributed by atoms with Gasteiger partial charge in [-0.1, -0.05) is 29.8 Å². The Morgan fingerprint density at radius 2 is 1.69 bits per heavy atom. The number of carbonyl (C=O) groups is 1. The first-order valence-electron chi connectivity index (χ1n) is 11.4. The minimum atomic E-state index is -3.56. The lowest BCUT2D eigenvalue weighted by atomic mass is 9.90. The van der Waals surface area contributed by atoms with Crippen LogP contribution in [0.25, 0.3) is 0 Å². The molecule has 0 unspecified atom stereocenters. The number of benzene rings is 2. The lowest BCUT2D eigenvalue weighted by Gasteiger charge is -2.32. The zero-order valence-corrected chi connectivity index (χ0v) is 19.4. The van der Waals surface area contributed by atoms with Crippen molar-refractivity contribution in [2.45, 2.75) is 43.9 Å². The van der Waals surface area contributed by atoms with Crippen molar-refractivity contribution in [1.29, 1.82) is 0 Å². The SMILES string of the molecule is Cc1ccc(CCC2CCN(C(=O)CCS(=O)(=O)c3ccc4c(c3)OCCO4)CC2)cc1. The maximum absolute atomic E-state index is 12.7. The fourth-order valence-corrected chi connectivity index (χ4v) is 5.55. The number of piperidine rings is 1. The van der Waals surface area contributed by atoms with Gasteiger partial charge in [-0.05, 0) is 56.2 Å². The third-order valence-corrected chi connectivity index (χ3v) is 8.10. The number of aryl methyl sites for hydroxylation is 2. The second-order valence-corrected chi connectivity index (χ2v) is 10.8. The molecule has 0 spiro atoms. The molecule has 32 heavy (non-hydrogen) atoms. The summed E-state index contributed by atoms with van der Waals surface area (Å²) in [5.41, 5.74) is 2.63. The molecule has 7 heteroatoms. The van der Waals surface area contributed by atoms with Gasteiger partial charge in [0.25, 0.3) is 0 Å². The van der Waals surface area contributed by atoms with Crippen LogP contribution in [0.1, 0.15) is 36.8 Å². The van der Waals surface area contributed by atoms with Gasteiger partial charge in [0.05, 0.1) is 10.6 Å². The van der Waals surface area contributed by atoms with E-state index in [0.717, 1.165) is 25.7 Å². The molecule has 172 valence electrons. The van der Waals surface area contributed by atoms with E-state index in [0.29, 0.717) is 43.7 Å². The number of sulfone groups is 1. The third kappa shape index (κ3) is 5.63. The molecule has 6 nitrogen and oxygen atoms in total. The van der Waals surface area contributed by atoms with E-state index >= 15 is 0 Å². The highest BCUT2D eigenvalue weighted by Crippen LogP contribution is 2.32. The van der Waals surface area contributed by atoms with Gasteiger partial charge in [-0.3, -0.25) is 4.79 Å². The molecule has 0 atom stereocenters. The Labute approximate surface area is 190 Å². The fraction of sp³-hybridized carbons (Fsp3) is 0.480. The maximum atomic E-state index is 12.7. The first-order chi connectivity index (χ1) is 15.4. The molecule has 1 amide bonds. The molecule has 0 radical (unpaired) electrons. The highest BCUT2D eigenvalue weighted by atomic mass is 32.2. The third-order valence-electron chi connectivity index (χ3n) is 6.39. The summed E-state index contributed by atoms with van der Waals surface area (Å²) in [6, 6.07) is 13.3. The lowest BCUT2D eigenvalue weighted by molar-refractivity contribution is -0.132. The van der Waals surface area contributed by atoms with Crippen LogP contribution in [-0.4, -0.2) is 51.3 Å². The standard InChI is InChI=1S/C25H31NO5S/c1-19-2-4-20(5-3-19)6-7-21-10-13-26(14-11-21)25(27)12-17-32(28,29)22-8-9-23-24(18-22)31-16-15-30-23/h2-5,8-9,18,21H,6-7,10-17H2,1H3. The van der Waals surface area contributed by atoms with Crippen molar-refractivity contribution in [3.8, 4) is 11.5 Å². The van der Waals surface area contributed by atoms with Crippen LogP contribution in [0.3, 0.4) is 0 Å². The second-order valence-electron chi connectivity index (χ2n) is 8.72. The predicted octanol–water partition coefficient (Wildman–Crippen LogP) is 3.80. The Morgan fingerprint density at radius 1 is 1.00 bits per heavy atom. The van der Waals surface area contributed by atoms with Crippen LogP contribution in [0.15, 0.2) is 47.4 Å². The Bertz CT molecular complexity index is 1040. The molecular weight excluding hydrogens is 426 g/mol. The van der Waals surface area contributed by atoms with Crippen molar-refractivity contribution in [1.82, 2.24) is 4.90 Å². The molecule has 0 N–H and O–H groups in total. The number of amides is 1. The number of hydrogen-bond acceptors (Lipinski definition) is 5. The molecule has 0 aromatic heterocycles. The Balaban J connectivity index is 1.23. The molecule has 0 saturated carbocycles. The minimum Gasteiger partial charge on any atom is -0.486 e. The molecule has 2 aromatic carbocycles. The van der Waals surface area contributed by atoms with E-state index in [2.05, 4.69) is 31.2 Å². The Kier molecular flexibility index (Phi) is 7.04. The van der Waals surface area contributed by atoms with E-state index in [4.69, 9.17) is 9.47 Å². The van der Waals surface area contributed by atoms with E-state index in [1.165, 1.54) is 23.3 Å². The van der Waals surface area contributed by atoms with Crippen LogP contribution in [0, 0.1) is 12.8 Å². The van der Waals surface area contributed by atoms with Gasteiger partial charge in [-0.25, -0.2) is 8.42 Å². The van der Waals surface area contributed by atoms with Gasteiger partial charge >= 0.3 is 0 Å². The predicted molar refractivity (Wildman–Crippen MR) is 123 cm³/mol. The summed E-state index contributed by atoms with van der Waals surface area (Å²) < 4.78 is 36.4. The highest BCUT2D eigenvalue weighted by molar-refractivity contribution is 7.91. The Morgan fingerprint density at radius 3 is 2.41 bits per heavy atom. The van der Waals surface area contributed by atoms with Crippen molar-refractivity contribution >= 4 is 15.7 Å². The van der Waals surface area contributed by atoms with Crippen LogP contribution >= 0.6 is 0 Å². The molecular formula is C25H31NO5S.